The summed E-state index contributed by atoms with van der Waals surface area (Å²) in [6, 6.07) is 9.31. The van der Waals surface area contributed by atoms with E-state index in [0.29, 0.717) is 40.6 Å². The molecule has 0 aliphatic heterocycles. The number of ether oxygens (including phenoxy) is 2. The number of carbonyl (C=O) groups excluding carboxylic acids is 2. The van der Waals surface area contributed by atoms with Gasteiger partial charge in [-0.25, -0.2) is 4.79 Å². The summed E-state index contributed by atoms with van der Waals surface area (Å²) in [5.41, 5.74) is 6.99. The monoisotopic (exact) mass is 472 g/mol. The number of nitrogens with zero attached hydrogens (tertiary/aromatic N) is 1. The van der Waals surface area contributed by atoms with Crippen molar-refractivity contribution in [3.8, 4) is 5.75 Å². The van der Waals surface area contributed by atoms with Crippen molar-refractivity contribution in [2.45, 2.75) is 27.3 Å². The van der Waals surface area contributed by atoms with Gasteiger partial charge in [0.2, 0.25) is 0 Å². The second-order valence-electron chi connectivity index (χ2n) is 7.19. The van der Waals surface area contributed by atoms with Gasteiger partial charge in [-0.15, -0.1) is 0 Å². The molecule has 0 saturated carbocycles. The van der Waals surface area contributed by atoms with Crippen LogP contribution in [0.1, 0.15) is 29.9 Å². The highest BCUT2D eigenvalue weighted by molar-refractivity contribution is 7.80. The van der Waals surface area contributed by atoms with Crippen LogP contribution in [0.25, 0.3) is 21.7 Å². The van der Waals surface area contributed by atoms with Crippen LogP contribution in [0.2, 0.25) is 0 Å². The number of rotatable bonds is 8. The lowest BCUT2D eigenvalue weighted by Crippen LogP contribution is -2.48. The largest absolute Gasteiger partial charge is 0.483 e. The molecule has 4 N–H and O–H groups in total. The molecule has 0 aliphatic carbocycles. The van der Waals surface area contributed by atoms with Gasteiger partial charge in [0.15, 0.2) is 11.7 Å². The van der Waals surface area contributed by atoms with E-state index < -0.39 is 11.9 Å². The summed E-state index contributed by atoms with van der Waals surface area (Å²) in [7, 11) is 0. The molecule has 0 atom stereocenters. The normalized spacial score (nSPS) is 10.8. The van der Waals surface area contributed by atoms with Crippen molar-refractivity contribution in [3.05, 3.63) is 41.6 Å². The Morgan fingerprint density at radius 2 is 1.85 bits per heavy atom. The maximum Gasteiger partial charge on any atom is 0.340 e. The predicted molar refractivity (Wildman–Crippen MR) is 130 cm³/mol. The van der Waals surface area contributed by atoms with Crippen LogP contribution in [0, 0.1) is 6.92 Å². The predicted octanol–water partition coefficient (Wildman–Crippen LogP) is 2.17. The number of aromatic nitrogens is 1. The van der Waals surface area contributed by atoms with Crippen molar-refractivity contribution in [2.75, 3.05) is 26.4 Å². The molecule has 1 heterocycles. The molecule has 0 aliphatic rings. The van der Waals surface area contributed by atoms with E-state index in [1.807, 2.05) is 42.7 Å². The molecule has 1 amide bonds. The first-order valence-corrected chi connectivity index (χ1v) is 11.1. The van der Waals surface area contributed by atoms with E-state index in [-0.39, 0.29) is 19.8 Å². The van der Waals surface area contributed by atoms with Crippen molar-refractivity contribution in [1.29, 1.82) is 0 Å². The highest BCUT2D eigenvalue weighted by Gasteiger charge is 2.24. The molecule has 0 fully saturated rings. The number of fused-ring (bicyclic) bond motifs is 3. The molecule has 0 unspecified atom stereocenters. The van der Waals surface area contributed by atoms with Crippen molar-refractivity contribution in [1.82, 2.24) is 20.7 Å². The van der Waals surface area contributed by atoms with Gasteiger partial charge in [-0.1, -0.05) is 24.3 Å². The van der Waals surface area contributed by atoms with Crippen molar-refractivity contribution in [2.24, 2.45) is 0 Å². The van der Waals surface area contributed by atoms with Gasteiger partial charge in [-0.05, 0) is 39.1 Å². The average molecular weight is 473 g/mol. The van der Waals surface area contributed by atoms with E-state index in [2.05, 4.69) is 16.2 Å². The molecule has 3 aromatic rings. The van der Waals surface area contributed by atoms with Crippen LogP contribution in [0.4, 0.5) is 0 Å². The summed E-state index contributed by atoms with van der Waals surface area (Å²) in [4.78, 5) is 25.0. The van der Waals surface area contributed by atoms with E-state index >= 15 is 0 Å². The molecule has 0 radical (unpaired) electrons. The molecule has 33 heavy (non-hydrogen) atoms. The lowest BCUT2D eigenvalue weighted by Gasteiger charge is -2.14. The lowest BCUT2D eigenvalue weighted by atomic mass is 10.0. The Kier molecular flexibility index (Phi) is 8.07. The molecule has 3 rings (SSSR count). The molecule has 10 heteroatoms. The van der Waals surface area contributed by atoms with Crippen LogP contribution in [0.3, 0.4) is 0 Å². The van der Waals surface area contributed by atoms with Gasteiger partial charge >= 0.3 is 5.97 Å². The number of aliphatic hydroxyl groups is 1. The minimum absolute atomic E-state index is 0.0820. The Hall–Kier alpha value is -3.37. The second kappa shape index (κ2) is 11.0. The highest BCUT2D eigenvalue weighted by atomic mass is 32.1. The van der Waals surface area contributed by atoms with Crippen LogP contribution in [-0.2, 0) is 16.1 Å². The summed E-state index contributed by atoms with van der Waals surface area (Å²) in [5.74, 6) is -0.412. The summed E-state index contributed by atoms with van der Waals surface area (Å²) in [6.45, 7) is 6.31. The van der Waals surface area contributed by atoms with Crippen molar-refractivity contribution < 1.29 is 24.2 Å². The molecule has 176 valence electrons. The van der Waals surface area contributed by atoms with Crippen molar-refractivity contribution in [3.63, 3.8) is 0 Å². The first-order chi connectivity index (χ1) is 15.9. The van der Waals surface area contributed by atoms with E-state index in [1.165, 1.54) is 0 Å². The Labute approximate surface area is 197 Å². The van der Waals surface area contributed by atoms with Gasteiger partial charge in [0.25, 0.3) is 5.91 Å². The van der Waals surface area contributed by atoms with E-state index in [4.69, 9.17) is 21.7 Å². The number of amides is 1. The van der Waals surface area contributed by atoms with Crippen LogP contribution < -0.4 is 20.9 Å². The van der Waals surface area contributed by atoms with Gasteiger partial charge < -0.3 is 24.5 Å². The van der Waals surface area contributed by atoms with E-state index in [9.17, 15) is 14.7 Å². The third-order valence-corrected chi connectivity index (χ3v) is 5.35. The number of benzene rings is 2. The van der Waals surface area contributed by atoms with Gasteiger partial charge in [0.05, 0.1) is 24.3 Å². The summed E-state index contributed by atoms with van der Waals surface area (Å²) >= 11 is 5.02. The molecule has 1 aromatic heterocycles. The number of carbonyl (C=O) groups is 2. The quantitative estimate of drug-likeness (QED) is 0.224. The Bertz CT molecular complexity index is 1190. The van der Waals surface area contributed by atoms with Crippen LogP contribution >= 0.6 is 12.2 Å². The first-order valence-electron chi connectivity index (χ1n) is 10.7. The second-order valence-corrected chi connectivity index (χ2v) is 7.60. The highest BCUT2D eigenvalue weighted by Crippen LogP contribution is 2.38. The molecule has 2 aromatic carbocycles. The van der Waals surface area contributed by atoms with Crippen LogP contribution in [0.5, 0.6) is 5.75 Å². The lowest BCUT2D eigenvalue weighted by molar-refractivity contribution is -0.123. The van der Waals surface area contributed by atoms with Crippen molar-refractivity contribution >= 4 is 50.9 Å². The zero-order valence-corrected chi connectivity index (χ0v) is 19.7. The number of esters is 1. The molecule has 9 nitrogen and oxygen atoms in total. The Balaban J connectivity index is 2.03. The van der Waals surface area contributed by atoms with E-state index in [1.54, 1.807) is 13.0 Å². The molecular formula is C23H28N4O5S. The fourth-order valence-electron chi connectivity index (χ4n) is 3.78. The van der Waals surface area contributed by atoms with Gasteiger partial charge in [-0.2, -0.15) is 0 Å². The molecule has 0 spiro atoms. The number of hydrogen-bond donors (Lipinski definition) is 4. The van der Waals surface area contributed by atoms with Crippen LogP contribution in [-0.4, -0.2) is 53.0 Å². The SMILES string of the molecule is CCNC(=S)NNC(=O)COc1cc2c(C(=O)OCC)c(C)n(CCO)c2c2ccccc12. The number of thiocarbonyl (C=S) groups is 1. The number of hydrazine groups is 1. The standard InChI is InChI=1S/C23H28N4O5S/c1-4-24-23(33)26-25-19(29)13-32-18-12-17-20(22(30)31-5-2)14(3)27(10-11-28)21(17)16-9-7-6-8-15(16)18/h6-9,12,28H,4-5,10-11,13H2,1-3H3,(H,25,29)(H2,24,26,33). The summed E-state index contributed by atoms with van der Waals surface area (Å²) in [5, 5.41) is 15.0. The minimum Gasteiger partial charge on any atom is -0.483 e. The molecule has 0 bridgehead atoms. The number of nitrogens with one attached hydrogen (secondary N) is 3. The van der Waals surface area contributed by atoms with Gasteiger partial charge in [-0.3, -0.25) is 15.6 Å². The summed E-state index contributed by atoms with van der Waals surface area (Å²) in [6.07, 6.45) is 0. The Morgan fingerprint density at radius 1 is 1.12 bits per heavy atom. The van der Waals surface area contributed by atoms with Gasteiger partial charge in [0.1, 0.15) is 5.75 Å². The third kappa shape index (κ3) is 5.18. The fraction of sp³-hybridized carbons (Fsp3) is 0.348. The third-order valence-electron chi connectivity index (χ3n) is 5.10. The average Bonchev–Trinajstić information content (AvgIpc) is 3.08. The maximum absolute atomic E-state index is 12.8. The van der Waals surface area contributed by atoms with Gasteiger partial charge in [0, 0.05) is 34.9 Å². The topological polar surface area (TPSA) is 114 Å². The Morgan fingerprint density at radius 3 is 2.52 bits per heavy atom. The zero-order valence-electron chi connectivity index (χ0n) is 18.9. The summed E-state index contributed by atoms with van der Waals surface area (Å²) < 4.78 is 13.1. The number of aliphatic hydroxyl groups excluding tert-OH is 1. The zero-order chi connectivity index (χ0) is 24.0. The number of hydrogen-bond acceptors (Lipinski definition) is 6. The van der Waals surface area contributed by atoms with Crippen LogP contribution in [0.15, 0.2) is 30.3 Å². The minimum atomic E-state index is -0.447. The molecular weight excluding hydrogens is 444 g/mol. The van der Waals surface area contributed by atoms with E-state index in [0.717, 1.165) is 16.3 Å². The fourth-order valence-corrected chi connectivity index (χ4v) is 3.97. The molecule has 0 saturated heterocycles. The smallest absolute Gasteiger partial charge is 0.340 e. The first kappa shape index (κ1) is 24.3. The maximum atomic E-state index is 12.8.